The second-order valence-corrected chi connectivity index (χ2v) is 11.0. The van der Waals surface area contributed by atoms with E-state index in [0.29, 0.717) is 18.2 Å². The van der Waals surface area contributed by atoms with Crippen molar-refractivity contribution >= 4 is 17.3 Å². The molecule has 41 heavy (non-hydrogen) atoms. The van der Waals surface area contributed by atoms with Crippen molar-refractivity contribution in [3.8, 4) is 22.4 Å². The predicted molar refractivity (Wildman–Crippen MR) is 163 cm³/mol. The molecule has 0 unspecified atom stereocenters. The van der Waals surface area contributed by atoms with Gasteiger partial charge in [-0.2, -0.15) is 4.68 Å². The van der Waals surface area contributed by atoms with Gasteiger partial charge < -0.3 is 15.5 Å². The molecule has 0 spiro atoms. The number of nitrogens with one attached hydrogen (secondary N) is 1. The highest BCUT2D eigenvalue weighted by molar-refractivity contribution is 5.88. The monoisotopic (exact) mass is 549 g/mol. The van der Waals surface area contributed by atoms with Crippen LogP contribution in [0.4, 0.5) is 11.6 Å². The topological polar surface area (TPSA) is 100 Å². The van der Waals surface area contributed by atoms with E-state index in [4.69, 9.17) is 10.7 Å². The lowest BCUT2D eigenvalue weighted by Crippen LogP contribution is -2.47. The van der Waals surface area contributed by atoms with E-state index in [1.165, 1.54) is 10.1 Å². The highest BCUT2D eigenvalue weighted by Gasteiger charge is 2.27. The van der Waals surface area contributed by atoms with Crippen LogP contribution < -0.4 is 20.7 Å². The summed E-state index contributed by atoms with van der Waals surface area (Å²) in [4.78, 5) is 27.8. The third-order valence-corrected chi connectivity index (χ3v) is 8.12. The molecule has 6 rings (SSSR count). The lowest BCUT2D eigenvalue weighted by molar-refractivity contribution is -0.516. The van der Waals surface area contributed by atoms with Crippen LogP contribution in [0.15, 0.2) is 77.6 Å². The highest BCUT2D eigenvalue weighted by atomic mass is 16.2. The fourth-order valence-corrected chi connectivity index (χ4v) is 6.01. The summed E-state index contributed by atoms with van der Waals surface area (Å²) in [5.74, 6) is 0.159. The maximum atomic E-state index is 13.6. The van der Waals surface area contributed by atoms with Crippen LogP contribution in [0.25, 0.3) is 28.0 Å². The van der Waals surface area contributed by atoms with Gasteiger partial charge in [0.1, 0.15) is 5.69 Å². The first kappa shape index (κ1) is 26.7. The molecule has 1 fully saturated rings. The number of rotatable bonds is 7. The normalized spacial score (nSPS) is 14.3. The van der Waals surface area contributed by atoms with E-state index in [1.807, 2.05) is 56.3 Å². The van der Waals surface area contributed by atoms with Gasteiger partial charge in [-0.3, -0.25) is 4.98 Å². The number of hydrogen-bond donors (Lipinski definition) is 2. The highest BCUT2D eigenvalue weighted by Crippen LogP contribution is 2.33. The number of nitrogen functional groups attached to an aromatic ring is 1. The van der Waals surface area contributed by atoms with Crippen LogP contribution in [0.3, 0.4) is 0 Å². The van der Waals surface area contributed by atoms with Crippen molar-refractivity contribution in [3.05, 3.63) is 94.7 Å². The molecule has 9 heteroatoms. The Labute approximate surface area is 239 Å². The van der Waals surface area contributed by atoms with Crippen LogP contribution in [0.1, 0.15) is 24.2 Å². The lowest BCUT2D eigenvalue weighted by Gasteiger charge is -2.37. The third-order valence-electron chi connectivity index (χ3n) is 8.12. The first-order valence-corrected chi connectivity index (χ1v) is 14.2. The summed E-state index contributed by atoms with van der Waals surface area (Å²) < 4.78 is 3.15. The van der Waals surface area contributed by atoms with E-state index in [1.54, 1.807) is 4.68 Å². The number of nitrogens with two attached hydrogens (primary N) is 1. The van der Waals surface area contributed by atoms with Crippen LogP contribution in [-0.4, -0.2) is 57.4 Å². The number of nitrogens with zero attached hydrogens (tertiary/aromatic N) is 6. The van der Waals surface area contributed by atoms with Gasteiger partial charge >= 0.3 is 11.6 Å². The first-order chi connectivity index (χ1) is 19.9. The Morgan fingerprint density at radius 3 is 2.24 bits per heavy atom. The van der Waals surface area contributed by atoms with E-state index < -0.39 is 0 Å². The van der Waals surface area contributed by atoms with Crippen molar-refractivity contribution < 1.29 is 4.40 Å². The van der Waals surface area contributed by atoms with Crippen LogP contribution in [0.2, 0.25) is 0 Å². The molecule has 0 atom stereocenters. The average Bonchev–Trinajstić information content (AvgIpc) is 3.32. The van der Waals surface area contributed by atoms with Crippen molar-refractivity contribution in [2.24, 2.45) is 0 Å². The number of fused-ring (bicyclic) bond motifs is 1. The SMILES string of the molecule is Cc1cc(-c2c(-c3ccccc3)nc(N)[n+]3c(=O)n(CCN(C)C4CCN(c5ccccc5)CC4)[nH]c23)cc(C)n1. The van der Waals surface area contributed by atoms with Crippen molar-refractivity contribution in [2.45, 2.75) is 39.3 Å². The number of pyridine rings is 1. The summed E-state index contributed by atoms with van der Waals surface area (Å²) in [7, 11) is 2.15. The number of hydrogen-bond acceptors (Lipinski definition) is 6. The molecular formula is C32H37N8O+. The molecule has 0 amide bonds. The largest absolute Gasteiger partial charge is 0.428 e. The molecule has 4 heterocycles. The summed E-state index contributed by atoms with van der Waals surface area (Å²) in [6.07, 6.45) is 2.17. The van der Waals surface area contributed by atoms with Gasteiger partial charge in [0, 0.05) is 48.3 Å². The van der Waals surface area contributed by atoms with E-state index in [0.717, 1.165) is 66.2 Å². The van der Waals surface area contributed by atoms with Crippen LogP contribution in [0, 0.1) is 13.8 Å². The fourth-order valence-electron chi connectivity index (χ4n) is 6.01. The average molecular weight is 550 g/mol. The van der Waals surface area contributed by atoms with Crippen LogP contribution >= 0.6 is 0 Å². The Hall–Kier alpha value is -4.50. The Bertz CT molecular complexity index is 1700. The summed E-state index contributed by atoms with van der Waals surface area (Å²) >= 11 is 0. The Balaban J connectivity index is 1.30. The lowest BCUT2D eigenvalue weighted by atomic mass is 9.99. The number of aryl methyl sites for hydroxylation is 2. The summed E-state index contributed by atoms with van der Waals surface area (Å²) in [6.45, 7) is 7.26. The molecule has 1 aliphatic rings. The van der Waals surface area contributed by atoms with E-state index in [2.05, 4.69) is 57.3 Å². The zero-order valence-corrected chi connectivity index (χ0v) is 23.9. The van der Waals surface area contributed by atoms with Crippen LogP contribution in [-0.2, 0) is 6.54 Å². The minimum absolute atomic E-state index is 0.159. The van der Waals surface area contributed by atoms with Crippen molar-refractivity contribution in [2.75, 3.05) is 37.3 Å². The molecule has 3 N–H and O–H groups in total. The van der Waals surface area contributed by atoms with Gasteiger partial charge in [-0.1, -0.05) is 48.5 Å². The van der Waals surface area contributed by atoms with Gasteiger partial charge in [0.2, 0.25) is 5.65 Å². The fraction of sp³-hybridized carbons (Fsp3) is 0.312. The number of benzene rings is 2. The molecule has 9 nitrogen and oxygen atoms in total. The molecule has 0 bridgehead atoms. The summed E-state index contributed by atoms with van der Waals surface area (Å²) in [5, 5.41) is 3.40. The molecule has 1 aliphatic heterocycles. The number of aromatic amines is 1. The first-order valence-electron chi connectivity index (χ1n) is 14.2. The minimum Gasteiger partial charge on any atom is -0.371 e. The maximum Gasteiger partial charge on any atom is 0.428 e. The van der Waals surface area contributed by atoms with Crippen molar-refractivity contribution in [1.82, 2.24) is 24.6 Å². The molecule has 5 aromatic rings. The zero-order valence-electron chi connectivity index (χ0n) is 23.9. The van der Waals surface area contributed by atoms with Crippen molar-refractivity contribution in [3.63, 3.8) is 0 Å². The van der Waals surface area contributed by atoms with Crippen LogP contribution in [0.5, 0.6) is 0 Å². The molecule has 210 valence electrons. The van der Waals surface area contributed by atoms with Gasteiger partial charge in [0.15, 0.2) is 0 Å². The second-order valence-electron chi connectivity index (χ2n) is 11.0. The smallest absolute Gasteiger partial charge is 0.371 e. The minimum atomic E-state index is -0.222. The molecule has 3 aromatic heterocycles. The Morgan fingerprint density at radius 1 is 0.951 bits per heavy atom. The van der Waals surface area contributed by atoms with Gasteiger partial charge in [-0.05, 0) is 63.6 Å². The third kappa shape index (κ3) is 5.32. The molecule has 0 radical (unpaired) electrons. The van der Waals surface area contributed by atoms with E-state index >= 15 is 0 Å². The second kappa shape index (κ2) is 11.2. The zero-order chi connectivity index (χ0) is 28.5. The van der Waals surface area contributed by atoms with Gasteiger partial charge in [-0.15, -0.1) is 9.38 Å². The standard InChI is InChI=1S/C32H36N8O/c1-22-20-25(21-23(2)34-22)28-29(24-10-6-4-7-11-24)35-31(33)40-30(28)36-39(32(40)41)19-18-37(3)26-14-16-38(17-15-26)27-12-8-5-9-13-27/h4-13,20-21,26H,14-19H2,1-3H3,(H2,33,34,35,36)/p+1. The maximum absolute atomic E-state index is 13.6. The molecule has 0 aliphatic carbocycles. The number of para-hydroxylation sites is 1. The Kier molecular flexibility index (Phi) is 7.28. The number of anilines is 2. The van der Waals surface area contributed by atoms with E-state index in [-0.39, 0.29) is 11.6 Å². The molecular weight excluding hydrogens is 512 g/mol. The number of H-pyrrole nitrogens is 1. The van der Waals surface area contributed by atoms with E-state index in [9.17, 15) is 4.79 Å². The van der Waals surface area contributed by atoms with Gasteiger partial charge in [0.25, 0.3) is 0 Å². The van der Waals surface area contributed by atoms with Gasteiger partial charge in [0.05, 0.1) is 12.1 Å². The molecule has 0 saturated carbocycles. The predicted octanol–water partition coefficient (Wildman–Crippen LogP) is 3.84. The molecule has 2 aromatic carbocycles. The number of likely N-dealkylation sites (N-methyl/N-ethyl adjacent to an activating group) is 1. The number of aromatic nitrogens is 5. The quantitative estimate of drug-likeness (QED) is 0.299. The van der Waals surface area contributed by atoms with Gasteiger partial charge in [-0.25, -0.2) is 9.89 Å². The summed E-state index contributed by atoms with van der Waals surface area (Å²) in [6, 6.07) is 25.1. The van der Waals surface area contributed by atoms with Crippen molar-refractivity contribution in [1.29, 1.82) is 0 Å². The molecule has 1 saturated heterocycles. The Morgan fingerprint density at radius 2 is 1.59 bits per heavy atom. The number of piperidine rings is 1. The summed E-state index contributed by atoms with van der Waals surface area (Å²) in [5.41, 5.74) is 13.4.